The monoisotopic (exact) mass is 205 g/mol. The molecule has 14 heavy (non-hydrogen) atoms. The van der Waals surface area contributed by atoms with Crippen LogP contribution in [0.3, 0.4) is 0 Å². The van der Waals surface area contributed by atoms with Gasteiger partial charge in [0.1, 0.15) is 0 Å². The van der Waals surface area contributed by atoms with Crippen molar-refractivity contribution in [2.45, 2.75) is 6.42 Å². The number of nitrogens with zero attached hydrogens (tertiary/aromatic N) is 2. The topological polar surface area (TPSA) is 37.8 Å². The Hall–Kier alpha value is -1.42. The summed E-state index contributed by atoms with van der Waals surface area (Å²) in [5.41, 5.74) is 1.01. The molecule has 2 rings (SSSR count). The number of thiophene rings is 1. The van der Waals surface area contributed by atoms with Gasteiger partial charge in [-0.05, 0) is 17.9 Å². The van der Waals surface area contributed by atoms with E-state index in [1.54, 1.807) is 11.3 Å². The van der Waals surface area contributed by atoms with Gasteiger partial charge >= 0.3 is 0 Å². The summed E-state index contributed by atoms with van der Waals surface area (Å²) in [5.74, 6) is 0.692. The average Bonchev–Trinajstić information content (AvgIpc) is 2.65. The van der Waals surface area contributed by atoms with Crippen molar-refractivity contribution in [3.05, 3.63) is 30.3 Å². The Kier molecular flexibility index (Phi) is 2.74. The highest BCUT2D eigenvalue weighted by Gasteiger charge is 1.98. The Morgan fingerprint density at radius 1 is 1.57 bits per heavy atom. The molecule has 2 heterocycles. The molecule has 72 valence electrons. The molecule has 0 fully saturated rings. The summed E-state index contributed by atoms with van der Waals surface area (Å²) in [6.45, 7) is 4.49. The minimum atomic E-state index is 0.692. The predicted molar refractivity (Wildman–Crippen MR) is 60.7 cm³/mol. The zero-order chi connectivity index (χ0) is 9.80. The summed E-state index contributed by atoms with van der Waals surface area (Å²) in [6, 6.07) is 2.00. The molecule has 0 aliphatic heterocycles. The molecule has 2 aromatic heterocycles. The molecule has 2 aromatic rings. The molecule has 0 aliphatic carbocycles. The maximum atomic E-state index is 4.36. The third kappa shape index (κ3) is 1.90. The van der Waals surface area contributed by atoms with E-state index in [9.17, 15) is 0 Å². The molecule has 1 N–H and O–H groups in total. The minimum absolute atomic E-state index is 0.692. The second kappa shape index (κ2) is 4.19. The molecule has 0 saturated heterocycles. The summed E-state index contributed by atoms with van der Waals surface area (Å²) in [6.07, 6.45) is 4.64. The Bertz CT molecular complexity index is 436. The highest BCUT2D eigenvalue weighted by atomic mass is 32.1. The minimum Gasteiger partial charge on any atom is -0.354 e. The molecule has 0 unspecified atom stereocenters. The third-order valence-corrected chi connectivity index (χ3v) is 2.68. The van der Waals surface area contributed by atoms with Gasteiger partial charge < -0.3 is 5.32 Å². The smallest absolute Gasteiger partial charge is 0.223 e. The first-order valence-corrected chi connectivity index (χ1v) is 5.33. The number of hydrogen-bond donors (Lipinski definition) is 1. The van der Waals surface area contributed by atoms with Crippen LogP contribution in [0.1, 0.15) is 6.42 Å². The maximum Gasteiger partial charge on any atom is 0.223 e. The number of anilines is 1. The molecule has 0 radical (unpaired) electrons. The SMILES string of the molecule is C=CCCNc1ncc2sccc2n1. The van der Waals surface area contributed by atoms with Crippen LogP contribution in [0.5, 0.6) is 0 Å². The molecule has 0 saturated carbocycles. The fraction of sp³-hybridized carbons (Fsp3) is 0.200. The van der Waals surface area contributed by atoms with Gasteiger partial charge in [-0.1, -0.05) is 6.08 Å². The van der Waals surface area contributed by atoms with Crippen molar-refractivity contribution in [2.75, 3.05) is 11.9 Å². The predicted octanol–water partition coefficient (Wildman–Crippen LogP) is 2.68. The molecule has 4 heteroatoms. The first-order chi connectivity index (χ1) is 6.90. The molecule has 0 amide bonds. The van der Waals surface area contributed by atoms with Gasteiger partial charge in [-0.2, -0.15) is 0 Å². The molecule has 3 nitrogen and oxygen atoms in total. The van der Waals surface area contributed by atoms with Gasteiger partial charge in [0.25, 0.3) is 0 Å². The van der Waals surface area contributed by atoms with Crippen molar-refractivity contribution in [3.8, 4) is 0 Å². The Morgan fingerprint density at radius 3 is 3.36 bits per heavy atom. The number of rotatable bonds is 4. The fourth-order valence-corrected chi connectivity index (χ4v) is 1.83. The van der Waals surface area contributed by atoms with Gasteiger partial charge in [0.05, 0.1) is 16.4 Å². The molecule has 0 bridgehead atoms. The summed E-state index contributed by atoms with van der Waals surface area (Å²) in [5, 5.41) is 5.16. The van der Waals surface area contributed by atoms with E-state index in [0.717, 1.165) is 23.2 Å². The Morgan fingerprint density at radius 2 is 2.50 bits per heavy atom. The van der Waals surface area contributed by atoms with E-state index in [1.807, 2.05) is 23.7 Å². The van der Waals surface area contributed by atoms with E-state index < -0.39 is 0 Å². The maximum absolute atomic E-state index is 4.36. The number of hydrogen-bond acceptors (Lipinski definition) is 4. The van der Waals surface area contributed by atoms with Crippen LogP contribution in [0.2, 0.25) is 0 Å². The summed E-state index contributed by atoms with van der Waals surface area (Å²) in [4.78, 5) is 8.57. The molecular weight excluding hydrogens is 194 g/mol. The summed E-state index contributed by atoms with van der Waals surface area (Å²) >= 11 is 1.66. The van der Waals surface area contributed by atoms with Crippen LogP contribution in [0.15, 0.2) is 30.3 Å². The van der Waals surface area contributed by atoms with Gasteiger partial charge in [-0.3, -0.25) is 0 Å². The average molecular weight is 205 g/mol. The Labute approximate surface area is 86.5 Å². The van der Waals surface area contributed by atoms with Crippen LogP contribution in [-0.4, -0.2) is 16.5 Å². The first-order valence-electron chi connectivity index (χ1n) is 4.45. The standard InChI is InChI=1S/C10H11N3S/c1-2-3-5-11-10-12-7-9-8(13-10)4-6-14-9/h2,4,6-7H,1,3,5H2,(H,11,12,13). The van der Waals surface area contributed by atoms with Crippen LogP contribution in [0.25, 0.3) is 10.2 Å². The number of nitrogens with one attached hydrogen (secondary N) is 1. The van der Waals surface area contributed by atoms with Crippen molar-refractivity contribution >= 4 is 27.5 Å². The van der Waals surface area contributed by atoms with Gasteiger partial charge in [-0.25, -0.2) is 9.97 Å². The van der Waals surface area contributed by atoms with Crippen LogP contribution in [0.4, 0.5) is 5.95 Å². The van der Waals surface area contributed by atoms with E-state index in [1.165, 1.54) is 0 Å². The Balaban J connectivity index is 2.13. The lowest BCUT2D eigenvalue weighted by molar-refractivity contribution is 1.03. The van der Waals surface area contributed by atoms with E-state index >= 15 is 0 Å². The normalized spacial score (nSPS) is 10.3. The van der Waals surface area contributed by atoms with Gasteiger partial charge in [-0.15, -0.1) is 17.9 Å². The first kappa shape index (κ1) is 9.15. The quantitative estimate of drug-likeness (QED) is 0.616. The molecule has 0 aliphatic rings. The fourth-order valence-electron chi connectivity index (χ4n) is 1.14. The zero-order valence-electron chi connectivity index (χ0n) is 7.73. The van der Waals surface area contributed by atoms with Crippen LogP contribution >= 0.6 is 11.3 Å². The van der Waals surface area contributed by atoms with Crippen LogP contribution in [0, 0.1) is 0 Å². The van der Waals surface area contributed by atoms with Crippen LogP contribution in [-0.2, 0) is 0 Å². The van der Waals surface area contributed by atoms with Crippen molar-refractivity contribution in [1.29, 1.82) is 0 Å². The molecule has 0 aromatic carbocycles. The lowest BCUT2D eigenvalue weighted by Crippen LogP contribution is -2.03. The van der Waals surface area contributed by atoms with Gasteiger partial charge in [0.2, 0.25) is 5.95 Å². The van der Waals surface area contributed by atoms with Crippen LogP contribution < -0.4 is 5.32 Å². The van der Waals surface area contributed by atoms with E-state index in [2.05, 4.69) is 21.9 Å². The molecular formula is C10H11N3S. The van der Waals surface area contributed by atoms with E-state index in [-0.39, 0.29) is 0 Å². The third-order valence-electron chi connectivity index (χ3n) is 1.84. The highest BCUT2D eigenvalue weighted by molar-refractivity contribution is 7.17. The summed E-state index contributed by atoms with van der Waals surface area (Å²) in [7, 11) is 0. The lowest BCUT2D eigenvalue weighted by Gasteiger charge is -2.01. The second-order valence-corrected chi connectivity index (χ2v) is 3.82. The van der Waals surface area contributed by atoms with Gasteiger partial charge in [0, 0.05) is 6.54 Å². The lowest BCUT2D eigenvalue weighted by atomic mass is 10.4. The zero-order valence-corrected chi connectivity index (χ0v) is 8.55. The van der Waals surface area contributed by atoms with E-state index in [0.29, 0.717) is 5.95 Å². The molecule has 0 atom stereocenters. The second-order valence-electron chi connectivity index (χ2n) is 2.87. The number of aromatic nitrogens is 2. The van der Waals surface area contributed by atoms with Crippen molar-refractivity contribution in [1.82, 2.24) is 9.97 Å². The summed E-state index contributed by atoms with van der Waals surface area (Å²) < 4.78 is 1.12. The highest BCUT2D eigenvalue weighted by Crippen LogP contribution is 2.18. The number of fused-ring (bicyclic) bond motifs is 1. The van der Waals surface area contributed by atoms with Crippen molar-refractivity contribution in [3.63, 3.8) is 0 Å². The van der Waals surface area contributed by atoms with Gasteiger partial charge in [0.15, 0.2) is 0 Å². The van der Waals surface area contributed by atoms with Crippen molar-refractivity contribution < 1.29 is 0 Å². The molecule has 0 spiro atoms. The largest absolute Gasteiger partial charge is 0.354 e. The van der Waals surface area contributed by atoms with Crippen molar-refractivity contribution in [2.24, 2.45) is 0 Å². The van der Waals surface area contributed by atoms with E-state index in [4.69, 9.17) is 0 Å².